The van der Waals surface area contributed by atoms with Crippen molar-refractivity contribution in [1.29, 1.82) is 0 Å². The average Bonchev–Trinajstić information content (AvgIpc) is 2.80. The van der Waals surface area contributed by atoms with E-state index < -0.39 is 5.67 Å². The van der Waals surface area contributed by atoms with Gasteiger partial charge in [0, 0.05) is 10.5 Å². The third-order valence-corrected chi connectivity index (χ3v) is 3.19. The quantitative estimate of drug-likeness (QED) is 0.920. The molecule has 4 nitrogen and oxygen atoms in total. The minimum atomic E-state index is -1.60. The number of rotatable bonds is 4. The molecule has 2 rings (SSSR count). The summed E-state index contributed by atoms with van der Waals surface area (Å²) in [7, 11) is 0. The fourth-order valence-corrected chi connectivity index (χ4v) is 1.85. The molecule has 106 valence electrons. The van der Waals surface area contributed by atoms with Crippen LogP contribution in [0.25, 0.3) is 0 Å². The number of benzene rings is 1. The Balaban J connectivity index is 1.98. The van der Waals surface area contributed by atoms with Crippen LogP contribution in [0.5, 0.6) is 0 Å². The van der Waals surface area contributed by atoms with Crippen molar-refractivity contribution in [2.75, 3.05) is 5.32 Å². The highest BCUT2D eigenvalue weighted by molar-refractivity contribution is 9.10. The summed E-state index contributed by atoms with van der Waals surface area (Å²) >= 11 is 3.33. The van der Waals surface area contributed by atoms with E-state index >= 15 is 0 Å². The second kappa shape index (κ2) is 5.75. The Morgan fingerprint density at radius 1 is 1.40 bits per heavy atom. The van der Waals surface area contributed by atoms with Crippen molar-refractivity contribution in [2.45, 2.75) is 25.9 Å². The number of hydrogen-bond donors (Lipinski definition) is 1. The third kappa shape index (κ3) is 3.90. The van der Waals surface area contributed by atoms with Crippen LogP contribution in [-0.2, 0) is 16.9 Å². The first-order valence-corrected chi connectivity index (χ1v) is 6.84. The van der Waals surface area contributed by atoms with E-state index in [0.29, 0.717) is 0 Å². The van der Waals surface area contributed by atoms with Crippen LogP contribution in [0.3, 0.4) is 0 Å². The molecule has 0 aliphatic rings. The topological polar surface area (TPSA) is 55.1 Å². The van der Waals surface area contributed by atoms with Crippen molar-refractivity contribution in [1.82, 2.24) is 5.16 Å². The Labute approximate surface area is 124 Å². The van der Waals surface area contributed by atoms with Crippen LogP contribution in [0.1, 0.15) is 25.1 Å². The summed E-state index contributed by atoms with van der Waals surface area (Å²) in [5.74, 6) is -0.0977. The molecule has 0 radical (unpaired) electrons. The molecular formula is C14H14BrFN2O2. The molecule has 0 aliphatic carbocycles. The summed E-state index contributed by atoms with van der Waals surface area (Å²) in [6.45, 7) is 2.75. The van der Waals surface area contributed by atoms with Crippen molar-refractivity contribution in [3.63, 3.8) is 0 Å². The van der Waals surface area contributed by atoms with Gasteiger partial charge >= 0.3 is 0 Å². The molecule has 0 saturated heterocycles. The number of alkyl halides is 1. The fourth-order valence-electron chi connectivity index (χ4n) is 1.58. The van der Waals surface area contributed by atoms with Crippen molar-refractivity contribution in [3.8, 4) is 0 Å². The molecule has 1 aromatic heterocycles. The monoisotopic (exact) mass is 340 g/mol. The van der Waals surface area contributed by atoms with Gasteiger partial charge < -0.3 is 4.52 Å². The number of aromatic nitrogens is 1. The molecule has 0 unspecified atom stereocenters. The van der Waals surface area contributed by atoms with E-state index in [0.717, 1.165) is 10.0 Å². The lowest BCUT2D eigenvalue weighted by atomic mass is 10.1. The zero-order valence-electron chi connectivity index (χ0n) is 11.1. The lowest BCUT2D eigenvalue weighted by Crippen LogP contribution is -2.14. The lowest BCUT2D eigenvalue weighted by molar-refractivity contribution is -0.115. The third-order valence-electron chi connectivity index (χ3n) is 2.66. The number of nitrogens with zero attached hydrogens (tertiary/aromatic N) is 1. The molecule has 0 bridgehead atoms. The van der Waals surface area contributed by atoms with Gasteiger partial charge in [-0.2, -0.15) is 0 Å². The molecule has 20 heavy (non-hydrogen) atoms. The minimum absolute atomic E-state index is 0.146. The second-order valence-electron chi connectivity index (χ2n) is 4.90. The Morgan fingerprint density at radius 3 is 2.60 bits per heavy atom. The van der Waals surface area contributed by atoms with E-state index in [2.05, 4.69) is 26.4 Å². The van der Waals surface area contributed by atoms with E-state index in [-0.39, 0.29) is 23.9 Å². The molecular weight excluding hydrogens is 327 g/mol. The normalized spacial score (nSPS) is 11.4. The maximum Gasteiger partial charge on any atom is 0.231 e. The Bertz CT molecular complexity index is 602. The average molecular weight is 341 g/mol. The summed E-state index contributed by atoms with van der Waals surface area (Å²) in [5.41, 5.74) is -0.578. The molecule has 6 heteroatoms. The van der Waals surface area contributed by atoms with Gasteiger partial charge in [-0.05, 0) is 31.5 Å². The predicted octanol–water partition coefficient (Wildman–Crippen LogP) is 3.82. The van der Waals surface area contributed by atoms with E-state index in [1.54, 1.807) is 0 Å². The number of anilines is 1. The van der Waals surface area contributed by atoms with Crippen LogP contribution in [-0.4, -0.2) is 11.1 Å². The maximum absolute atomic E-state index is 13.6. The Morgan fingerprint density at radius 2 is 2.05 bits per heavy atom. The standard InChI is InChI=1S/C14H14BrFN2O2/c1-14(2,16)11-8-13(20-18-11)17-12(19)7-9-3-5-10(15)6-4-9/h3-6,8H,7H2,1-2H3,(H,17,19). The van der Waals surface area contributed by atoms with Gasteiger partial charge in [-0.15, -0.1) is 0 Å². The number of nitrogens with one attached hydrogen (secondary N) is 1. The largest absolute Gasteiger partial charge is 0.338 e. The molecule has 1 N–H and O–H groups in total. The molecule has 0 atom stereocenters. The van der Waals surface area contributed by atoms with Gasteiger partial charge in [-0.1, -0.05) is 33.2 Å². The van der Waals surface area contributed by atoms with Crippen LogP contribution in [0.4, 0.5) is 10.3 Å². The maximum atomic E-state index is 13.6. The molecule has 0 fully saturated rings. The number of carbonyl (C=O) groups is 1. The molecule has 0 saturated carbocycles. The highest BCUT2D eigenvalue weighted by Crippen LogP contribution is 2.25. The molecule has 0 aliphatic heterocycles. The summed E-state index contributed by atoms with van der Waals surface area (Å²) in [6.07, 6.45) is 0.211. The SMILES string of the molecule is CC(C)(F)c1cc(NC(=O)Cc2ccc(Br)cc2)on1. The van der Waals surface area contributed by atoms with Crippen LogP contribution >= 0.6 is 15.9 Å². The zero-order valence-corrected chi connectivity index (χ0v) is 12.7. The first-order chi connectivity index (χ1) is 9.34. The first kappa shape index (κ1) is 14.7. The fraction of sp³-hybridized carbons (Fsp3) is 0.286. The number of carbonyl (C=O) groups excluding carboxylic acids is 1. The number of amides is 1. The predicted molar refractivity (Wildman–Crippen MR) is 77.1 cm³/mol. The second-order valence-corrected chi connectivity index (χ2v) is 5.82. The van der Waals surface area contributed by atoms with Crippen LogP contribution < -0.4 is 5.32 Å². The molecule has 1 aromatic carbocycles. The van der Waals surface area contributed by atoms with Gasteiger partial charge in [0.2, 0.25) is 11.8 Å². The zero-order chi connectivity index (χ0) is 14.8. The van der Waals surface area contributed by atoms with Crippen LogP contribution in [0.2, 0.25) is 0 Å². The van der Waals surface area contributed by atoms with E-state index in [4.69, 9.17) is 4.52 Å². The highest BCUT2D eigenvalue weighted by atomic mass is 79.9. The van der Waals surface area contributed by atoms with E-state index in [1.807, 2.05) is 24.3 Å². The summed E-state index contributed by atoms with van der Waals surface area (Å²) < 4.78 is 19.5. The number of hydrogen-bond acceptors (Lipinski definition) is 3. The molecule has 1 heterocycles. The van der Waals surface area contributed by atoms with Crippen molar-refractivity contribution >= 4 is 27.7 Å². The Hall–Kier alpha value is -1.69. The lowest BCUT2D eigenvalue weighted by Gasteiger charge is -2.07. The van der Waals surface area contributed by atoms with Crippen molar-refractivity contribution < 1.29 is 13.7 Å². The number of halogens is 2. The molecule has 2 aromatic rings. The first-order valence-electron chi connectivity index (χ1n) is 6.05. The smallest absolute Gasteiger partial charge is 0.231 e. The molecule has 0 spiro atoms. The highest BCUT2D eigenvalue weighted by Gasteiger charge is 2.24. The summed E-state index contributed by atoms with van der Waals surface area (Å²) in [4.78, 5) is 11.8. The van der Waals surface area contributed by atoms with Gasteiger partial charge in [0.15, 0.2) is 5.67 Å². The van der Waals surface area contributed by atoms with Crippen LogP contribution in [0.15, 0.2) is 39.3 Å². The molecule has 1 amide bonds. The van der Waals surface area contributed by atoms with E-state index in [9.17, 15) is 9.18 Å². The van der Waals surface area contributed by atoms with Gasteiger partial charge in [0.1, 0.15) is 5.69 Å². The summed E-state index contributed by atoms with van der Waals surface area (Å²) in [5, 5.41) is 6.14. The minimum Gasteiger partial charge on any atom is -0.338 e. The van der Waals surface area contributed by atoms with Crippen LogP contribution in [0, 0.1) is 0 Å². The van der Waals surface area contributed by atoms with Crippen molar-refractivity contribution in [3.05, 3.63) is 46.1 Å². The summed E-state index contributed by atoms with van der Waals surface area (Å²) in [6, 6.07) is 8.81. The Kier molecular flexibility index (Phi) is 4.23. The van der Waals surface area contributed by atoms with E-state index in [1.165, 1.54) is 19.9 Å². The van der Waals surface area contributed by atoms with Gasteiger partial charge in [-0.25, -0.2) is 4.39 Å². The van der Waals surface area contributed by atoms with Crippen molar-refractivity contribution in [2.24, 2.45) is 0 Å². The van der Waals surface area contributed by atoms with Gasteiger partial charge in [0.05, 0.1) is 6.42 Å². The van der Waals surface area contributed by atoms with Gasteiger partial charge in [-0.3, -0.25) is 10.1 Å². The van der Waals surface area contributed by atoms with Gasteiger partial charge in [0.25, 0.3) is 0 Å².